The van der Waals surface area contributed by atoms with Crippen LogP contribution in [0.4, 0.5) is 5.82 Å². The molecule has 19 heavy (non-hydrogen) atoms. The number of aromatic nitrogens is 2. The third kappa shape index (κ3) is 5.42. The van der Waals surface area contributed by atoms with Crippen molar-refractivity contribution < 1.29 is 9.47 Å². The smallest absolute Gasteiger partial charge is 0.221 e. The van der Waals surface area contributed by atoms with Crippen molar-refractivity contribution in [1.29, 1.82) is 0 Å². The van der Waals surface area contributed by atoms with Crippen LogP contribution < -0.4 is 10.1 Å². The Morgan fingerprint density at radius 1 is 1.16 bits per heavy atom. The van der Waals surface area contributed by atoms with Crippen LogP contribution in [0.25, 0.3) is 0 Å². The van der Waals surface area contributed by atoms with Crippen LogP contribution in [0.15, 0.2) is 6.33 Å². The molecular weight excluding hydrogens is 242 g/mol. The van der Waals surface area contributed by atoms with Gasteiger partial charge in [0.15, 0.2) is 0 Å². The summed E-state index contributed by atoms with van der Waals surface area (Å²) < 4.78 is 11.3. The van der Waals surface area contributed by atoms with Gasteiger partial charge in [0.2, 0.25) is 5.88 Å². The lowest BCUT2D eigenvalue weighted by molar-refractivity contribution is -0.0169. The van der Waals surface area contributed by atoms with Gasteiger partial charge in [0, 0.05) is 6.54 Å². The van der Waals surface area contributed by atoms with Crippen molar-refractivity contribution >= 4 is 5.82 Å². The predicted molar refractivity (Wildman–Crippen MR) is 76.8 cm³/mol. The molecule has 0 atom stereocenters. The summed E-state index contributed by atoms with van der Waals surface area (Å²) in [5, 5.41) is 3.22. The number of anilines is 1. The first-order valence-electron chi connectivity index (χ1n) is 6.82. The van der Waals surface area contributed by atoms with Gasteiger partial charge in [-0.2, -0.15) is 0 Å². The Bertz CT molecular complexity index is 389. The number of nitrogens with one attached hydrogen (secondary N) is 1. The van der Waals surface area contributed by atoms with E-state index in [0.717, 1.165) is 24.3 Å². The molecular formula is C14H25N3O2. The second kappa shape index (κ2) is 7.28. The molecule has 0 aliphatic heterocycles. The molecule has 0 fully saturated rings. The van der Waals surface area contributed by atoms with Gasteiger partial charge in [0.1, 0.15) is 18.8 Å². The highest BCUT2D eigenvalue weighted by Crippen LogP contribution is 2.22. The lowest BCUT2D eigenvalue weighted by atomic mass is 10.2. The SMILES string of the molecule is CCNc1ncnc(OCCOC(C)(C)C)c1CC. The van der Waals surface area contributed by atoms with Crippen molar-refractivity contribution in [3.63, 3.8) is 0 Å². The zero-order valence-electron chi connectivity index (χ0n) is 12.6. The van der Waals surface area contributed by atoms with Crippen LogP contribution >= 0.6 is 0 Å². The maximum atomic E-state index is 5.69. The van der Waals surface area contributed by atoms with E-state index in [4.69, 9.17) is 9.47 Å². The summed E-state index contributed by atoms with van der Waals surface area (Å²) in [7, 11) is 0. The zero-order chi connectivity index (χ0) is 14.3. The van der Waals surface area contributed by atoms with E-state index in [-0.39, 0.29) is 5.60 Å². The molecule has 0 amide bonds. The molecule has 1 rings (SSSR count). The van der Waals surface area contributed by atoms with E-state index >= 15 is 0 Å². The molecule has 1 aromatic rings. The monoisotopic (exact) mass is 267 g/mol. The van der Waals surface area contributed by atoms with Crippen molar-refractivity contribution in [3.05, 3.63) is 11.9 Å². The first-order chi connectivity index (χ1) is 8.98. The standard InChI is InChI=1S/C14H25N3O2/c1-6-11-12(15-7-2)16-10-17-13(11)18-8-9-19-14(3,4)5/h10H,6-9H2,1-5H3,(H,15,16,17). The van der Waals surface area contributed by atoms with Gasteiger partial charge in [-0.05, 0) is 34.1 Å². The van der Waals surface area contributed by atoms with Gasteiger partial charge in [0.05, 0.1) is 17.8 Å². The predicted octanol–water partition coefficient (Wildman–Crippen LogP) is 2.66. The molecule has 0 aliphatic carbocycles. The van der Waals surface area contributed by atoms with E-state index in [1.165, 1.54) is 6.33 Å². The number of ether oxygens (including phenoxy) is 2. The Morgan fingerprint density at radius 3 is 2.47 bits per heavy atom. The lowest BCUT2D eigenvalue weighted by Crippen LogP contribution is -2.22. The number of nitrogens with zero attached hydrogens (tertiary/aromatic N) is 2. The average molecular weight is 267 g/mol. The molecule has 0 unspecified atom stereocenters. The van der Waals surface area contributed by atoms with Gasteiger partial charge in [-0.15, -0.1) is 0 Å². The minimum atomic E-state index is -0.141. The third-order valence-electron chi connectivity index (χ3n) is 2.46. The highest BCUT2D eigenvalue weighted by Gasteiger charge is 2.12. The molecule has 1 N–H and O–H groups in total. The van der Waals surface area contributed by atoms with Crippen LogP contribution in [0.3, 0.4) is 0 Å². The molecule has 1 heterocycles. The summed E-state index contributed by atoms with van der Waals surface area (Å²) in [6.45, 7) is 12.1. The summed E-state index contributed by atoms with van der Waals surface area (Å²) in [6, 6.07) is 0. The van der Waals surface area contributed by atoms with Crippen LogP contribution in [0.5, 0.6) is 5.88 Å². The van der Waals surface area contributed by atoms with Crippen LogP contribution in [-0.2, 0) is 11.2 Å². The quantitative estimate of drug-likeness (QED) is 0.770. The molecule has 0 saturated heterocycles. The second-order valence-electron chi connectivity index (χ2n) is 5.20. The van der Waals surface area contributed by atoms with Crippen molar-refractivity contribution in [3.8, 4) is 5.88 Å². The maximum absolute atomic E-state index is 5.69. The van der Waals surface area contributed by atoms with Crippen molar-refractivity contribution in [2.75, 3.05) is 25.1 Å². The molecule has 0 saturated carbocycles. The van der Waals surface area contributed by atoms with E-state index in [2.05, 4.69) is 22.2 Å². The average Bonchev–Trinajstić information content (AvgIpc) is 2.34. The molecule has 5 heteroatoms. The molecule has 108 valence electrons. The molecule has 0 radical (unpaired) electrons. The van der Waals surface area contributed by atoms with Gasteiger partial charge in [0.25, 0.3) is 0 Å². The minimum Gasteiger partial charge on any atom is -0.475 e. The summed E-state index contributed by atoms with van der Waals surface area (Å²) in [4.78, 5) is 8.43. The van der Waals surface area contributed by atoms with E-state index in [1.807, 2.05) is 27.7 Å². The molecule has 0 bridgehead atoms. The highest BCUT2D eigenvalue weighted by atomic mass is 16.5. The summed E-state index contributed by atoms with van der Waals surface area (Å²) in [5.41, 5.74) is 0.873. The zero-order valence-corrected chi connectivity index (χ0v) is 12.6. The van der Waals surface area contributed by atoms with Crippen molar-refractivity contribution in [2.45, 2.75) is 46.6 Å². The van der Waals surface area contributed by atoms with Crippen LogP contribution in [0.1, 0.15) is 40.2 Å². The molecule has 0 aromatic carbocycles. The third-order valence-corrected chi connectivity index (χ3v) is 2.46. The van der Waals surface area contributed by atoms with E-state index in [1.54, 1.807) is 0 Å². The number of hydrogen-bond acceptors (Lipinski definition) is 5. The fraction of sp³-hybridized carbons (Fsp3) is 0.714. The van der Waals surface area contributed by atoms with Gasteiger partial charge < -0.3 is 14.8 Å². The first-order valence-corrected chi connectivity index (χ1v) is 6.82. The van der Waals surface area contributed by atoms with Gasteiger partial charge in [-0.25, -0.2) is 9.97 Å². The Balaban J connectivity index is 2.60. The van der Waals surface area contributed by atoms with Crippen molar-refractivity contribution in [1.82, 2.24) is 9.97 Å². The topological polar surface area (TPSA) is 56.3 Å². The molecule has 1 aromatic heterocycles. The second-order valence-corrected chi connectivity index (χ2v) is 5.20. The van der Waals surface area contributed by atoms with Crippen molar-refractivity contribution in [2.24, 2.45) is 0 Å². The van der Waals surface area contributed by atoms with Crippen LogP contribution in [-0.4, -0.2) is 35.3 Å². The van der Waals surface area contributed by atoms with Gasteiger partial charge in [-0.1, -0.05) is 6.92 Å². The minimum absolute atomic E-state index is 0.141. The maximum Gasteiger partial charge on any atom is 0.221 e. The van der Waals surface area contributed by atoms with E-state index < -0.39 is 0 Å². The lowest BCUT2D eigenvalue weighted by Gasteiger charge is -2.20. The normalized spacial score (nSPS) is 11.4. The van der Waals surface area contributed by atoms with Gasteiger partial charge in [-0.3, -0.25) is 0 Å². The Labute approximate surface area is 115 Å². The molecule has 0 aliphatic rings. The Kier molecular flexibility index (Phi) is 6.02. The molecule has 0 spiro atoms. The summed E-state index contributed by atoms with van der Waals surface area (Å²) in [5.74, 6) is 1.50. The Hall–Kier alpha value is -1.36. The fourth-order valence-electron chi connectivity index (χ4n) is 1.65. The summed E-state index contributed by atoms with van der Waals surface area (Å²) in [6.07, 6.45) is 2.36. The molecule has 5 nitrogen and oxygen atoms in total. The fourth-order valence-corrected chi connectivity index (χ4v) is 1.65. The van der Waals surface area contributed by atoms with E-state index in [0.29, 0.717) is 19.1 Å². The van der Waals surface area contributed by atoms with Crippen LogP contribution in [0.2, 0.25) is 0 Å². The van der Waals surface area contributed by atoms with Gasteiger partial charge >= 0.3 is 0 Å². The van der Waals surface area contributed by atoms with Crippen LogP contribution in [0, 0.1) is 0 Å². The largest absolute Gasteiger partial charge is 0.475 e. The summed E-state index contributed by atoms with van der Waals surface area (Å²) >= 11 is 0. The Morgan fingerprint density at radius 2 is 1.89 bits per heavy atom. The first kappa shape index (κ1) is 15.7. The highest BCUT2D eigenvalue weighted by molar-refractivity contribution is 5.48. The number of hydrogen-bond donors (Lipinski definition) is 1. The van der Waals surface area contributed by atoms with E-state index in [9.17, 15) is 0 Å². The number of rotatable bonds is 7.